The molecule has 0 aliphatic rings. The maximum atomic E-state index is 5.35. The number of nitrogens with one attached hydrogen (secondary N) is 1. The van der Waals surface area contributed by atoms with Gasteiger partial charge in [0.1, 0.15) is 17.2 Å². The third-order valence-corrected chi connectivity index (χ3v) is 3.48. The molecule has 3 heterocycles. The minimum atomic E-state index is 0.784. The van der Waals surface area contributed by atoms with Crippen LogP contribution in [0.5, 0.6) is 0 Å². The van der Waals surface area contributed by atoms with Crippen LogP contribution in [0, 0.1) is 6.92 Å². The third kappa shape index (κ3) is 2.06. The van der Waals surface area contributed by atoms with E-state index in [0.717, 1.165) is 45.6 Å². The average Bonchev–Trinajstić information content (AvgIpc) is 2.96. The Bertz CT molecular complexity index is 673. The maximum Gasteiger partial charge on any atom is 0.142 e. The Hall–Kier alpha value is -1.62. The van der Waals surface area contributed by atoms with E-state index in [4.69, 9.17) is 4.42 Å². The van der Waals surface area contributed by atoms with Crippen LogP contribution in [0.1, 0.15) is 17.3 Å². The first kappa shape index (κ1) is 11.5. The van der Waals surface area contributed by atoms with Gasteiger partial charge in [0.15, 0.2) is 0 Å². The summed E-state index contributed by atoms with van der Waals surface area (Å²) >= 11 is 3.53. The summed E-state index contributed by atoms with van der Waals surface area (Å²) in [7, 11) is 0. The summed E-state index contributed by atoms with van der Waals surface area (Å²) in [6.45, 7) is 1.91. The highest BCUT2D eigenvalue weighted by Gasteiger charge is 2.11. The molecule has 0 atom stereocenters. The van der Waals surface area contributed by atoms with Gasteiger partial charge in [-0.05, 0) is 41.4 Å². The highest BCUT2D eigenvalue weighted by molar-refractivity contribution is 9.10. The topological polar surface area (TPSA) is 54.7 Å². The van der Waals surface area contributed by atoms with Gasteiger partial charge in [-0.15, -0.1) is 0 Å². The minimum Gasteiger partial charge on any atom is -0.469 e. The zero-order valence-electron chi connectivity index (χ0n) is 9.90. The SMILES string of the molecule is Cc1nc(CCc2ccco2)c2c(Br)c[nH]c2n1. The standard InChI is InChI=1S/C13H12BrN3O/c1-8-16-11(5-4-9-3-2-6-18-9)12-10(14)7-15-13(12)17-8/h2-3,6-7H,4-5H2,1H3,(H,15,16,17). The van der Waals surface area contributed by atoms with E-state index in [-0.39, 0.29) is 0 Å². The number of aromatic nitrogens is 3. The maximum absolute atomic E-state index is 5.35. The minimum absolute atomic E-state index is 0.784. The lowest BCUT2D eigenvalue weighted by atomic mass is 10.1. The predicted molar refractivity (Wildman–Crippen MR) is 72.4 cm³/mol. The Kier molecular flexibility index (Phi) is 2.91. The third-order valence-electron chi connectivity index (χ3n) is 2.86. The molecule has 0 spiro atoms. The second-order valence-corrected chi connectivity index (χ2v) is 5.01. The van der Waals surface area contributed by atoms with Gasteiger partial charge in [-0.1, -0.05) is 0 Å². The molecular formula is C13H12BrN3O. The Balaban J connectivity index is 1.97. The quantitative estimate of drug-likeness (QED) is 0.807. The summed E-state index contributed by atoms with van der Waals surface area (Å²) < 4.78 is 6.35. The first-order valence-electron chi connectivity index (χ1n) is 5.76. The fraction of sp³-hybridized carbons (Fsp3) is 0.231. The Morgan fingerprint density at radius 3 is 3.00 bits per heavy atom. The van der Waals surface area contributed by atoms with E-state index >= 15 is 0 Å². The van der Waals surface area contributed by atoms with E-state index in [1.807, 2.05) is 25.3 Å². The molecule has 0 fully saturated rings. The number of hydrogen-bond donors (Lipinski definition) is 1. The number of H-pyrrole nitrogens is 1. The summed E-state index contributed by atoms with van der Waals surface area (Å²) in [4.78, 5) is 12.1. The number of aromatic amines is 1. The van der Waals surface area contributed by atoms with Gasteiger partial charge in [0.25, 0.3) is 0 Å². The van der Waals surface area contributed by atoms with Crippen LogP contribution < -0.4 is 0 Å². The zero-order chi connectivity index (χ0) is 12.5. The molecule has 18 heavy (non-hydrogen) atoms. The van der Waals surface area contributed by atoms with E-state index in [0.29, 0.717) is 0 Å². The van der Waals surface area contributed by atoms with Crippen LogP contribution in [0.15, 0.2) is 33.5 Å². The number of furan rings is 1. The molecule has 0 bridgehead atoms. The molecule has 3 aromatic rings. The molecule has 0 aliphatic heterocycles. The first-order valence-corrected chi connectivity index (χ1v) is 6.56. The molecule has 4 nitrogen and oxygen atoms in total. The average molecular weight is 306 g/mol. The van der Waals surface area contributed by atoms with Crippen molar-refractivity contribution in [3.05, 3.63) is 46.3 Å². The predicted octanol–water partition coefficient (Wildman–Crippen LogP) is 3.41. The van der Waals surface area contributed by atoms with Gasteiger partial charge in [0, 0.05) is 17.1 Å². The number of hydrogen-bond acceptors (Lipinski definition) is 3. The molecule has 0 aliphatic carbocycles. The summed E-state index contributed by atoms with van der Waals surface area (Å²) in [6, 6.07) is 3.89. The number of fused-ring (bicyclic) bond motifs is 1. The second kappa shape index (κ2) is 4.57. The van der Waals surface area contributed by atoms with Crippen molar-refractivity contribution >= 4 is 27.0 Å². The molecule has 92 valence electrons. The van der Waals surface area contributed by atoms with Crippen molar-refractivity contribution in [3.8, 4) is 0 Å². The van der Waals surface area contributed by atoms with Crippen LogP contribution >= 0.6 is 15.9 Å². The lowest BCUT2D eigenvalue weighted by molar-refractivity contribution is 0.508. The molecule has 0 saturated carbocycles. The monoisotopic (exact) mass is 305 g/mol. The van der Waals surface area contributed by atoms with E-state index in [9.17, 15) is 0 Å². The Morgan fingerprint density at radius 1 is 1.33 bits per heavy atom. The van der Waals surface area contributed by atoms with Gasteiger partial charge < -0.3 is 9.40 Å². The van der Waals surface area contributed by atoms with Crippen molar-refractivity contribution in [1.82, 2.24) is 15.0 Å². The van der Waals surface area contributed by atoms with Crippen molar-refractivity contribution in [3.63, 3.8) is 0 Å². The molecule has 3 rings (SSSR count). The van der Waals surface area contributed by atoms with Gasteiger partial charge in [0.05, 0.1) is 17.3 Å². The van der Waals surface area contributed by atoms with Gasteiger partial charge >= 0.3 is 0 Å². The van der Waals surface area contributed by atoms with Gasteiger partial charge in [-0.3, -0.25) is 0 Å². The van der Waals surface area contributed by atoms with E-state index in [2.05, 4.69) is 30.9 Å². The van der Waals surface area contributed by atoms with Crippen LogP contribution in [0.2, 0.25) is 0 Å². The second-order valence-electron chi connectivity index (χ2n) is 4.16. The number of nitrogens with zero attached hydrogens (tertiary/aromatic N) is 2. The van der Waals surface area contributed by atoms with Gasteiger partial charge in [-0.25, -0.2) is 9.97 Å². The summed E-state index contributed by atoms with van der Waals surface area (Å²) in [5.74, 6) is 1.76. The van der Waals surface area contributed by atoms with Gasteiger partial charge in [0.2, 0.25) is 0 Å². The zero-order valence-corrected chi connectivity index (χ0v) is 11.5. The summed E-state index contributed by atoms with van der Waals surface area (Å²) in [5.41, 5.74) is 1.92. The van der Waals surface area contributed by atoms with Crippen molar-refractivity contribution in [2.24, 2.45) is 0 Å². The molecule has 0 aromatic carbocycles. The lowest BCUT2D eigenvalue weighted by Crippen LogP contribution is -1.99. The number of rotatable bonds is 3. The van der Waals surface area contributed by atoms with Crippen LogP contribution in [0.4, 0.5) is 0 Å². The van der Waals surface area contributed by atoms with E-state index in [1.54, 1.807) is 6.26 Å². The normalized spacial score (nSPS) is 11.2. The Labute approximate surface area is 113 Å². The molecule has 3 aromatic heterocycles. The fourth-order valence-corrected chi connectivity index (χ4v) is 2.60. The van der Waals surface area contributed by atoms with Crippen molar-refractivity contribution in [2.45, 2.75) is 19.8 Å². The van der Waals surface area contributed by atoms with Crippen LogP contribution in [0.3, 0.4) is 0 Å². The highest BCUT2D eigenvalue weighted by Crippen LogP contribution is 2.25. The molecule has 0 unspecified atom stereocenters. The van der Waals surface area contributed by atoms with E-state index < -0.39 is 0 Å². The first-order chi connectivity index (χ1) is 8.74. The largest absolute Gasteiger partial charge is 0.469 e. The van der Waals surface area contributed by atoms with Crippen LogP contribution in [-0.4, -0.2) is 15.0 Å². The summed E-state index contributed by atoms with van der Waals surface area (Å²) in [6.07, 6.45) is 5.28. The smallest absolute Gasteiger partial charge is 0.142 e. The Morgan fingerprint density at radius 2 is 2.22 bits per heavy atom. The van der Waals surface area contributed by atoms with Crippen molar-refractivity contribution < 1.29 is 4.42 Å². The molecule has 0 saturated heterocycles. The molecule has 0 amide bonds. The molecule has 1 N–H and O–H groups in total. The van der Waals surface area contributed by atoms with Crippen molar-refractivity contribution in [1.29, 1.82) is 0 Å². The molecular weight excluding hydrogens is 294 g/mol. The van der Waals surface area contributed by atoms with Gasteiger partial charge in [-0.2, -0.15) is 0 Å². The number of halogens is 1. The molecule has 5 heteroatoms. The van der Waals surface area contributed by atoms with Crippen molar-refractivity contribution in [2.75, 3.05) is 0 Å². The highest BCUT2D eigenvalue weighted by atomic mass is 79.9. The fourth-order valence-electron chi connectivity index (χ4n) is 2.07. The number of aryl methyl sites for hydroxylation is 3. The lowest BCUT2D eigenvalue weighted by Gasteiger charge is -2.03. The van der Waals surface area contributed by atoms with Crippen LogP contribution in [0.25, 0.3) is 11.0 Å². The van der Waals surface area contributed by atoms with E-state index in [1.165, 1.54) is 0 Å². The summed E-state index contributed by atoms with van der Waals surface area (Å²) in [5, 5.41) is 1.06. The van der Waals surface area contributed by atoms with Crippen LogP contribution in [-0.2, 0) is 12.8 Å². The molecule has 0 radical (unpaired) electrons.